The first-order valence-corrected chi connectivity index (χ1v) is 7.70. The molecule has 1 fully saturated rings. The zero-order chi connectivity index (χ0) is 14.5. The standard InChI is InChI=1S/C17H27NO2/c1-5-13(6-2)16-10-18-11-17(20-16)14-9-12(3)7-8-15(14)19-4/h7-9,13,16-18H,5-6,10-11H2,1-4H3. The smallest absolute Gasteiger partial charge is 0.124 e. The van der Waals surface area contributed by atoms with Gasteiger partial charge in [-0.2, -0.15) is 0 Å². The molecule has 1 N–H and O–H groups in total. The van der Waals surface area contributed by atoms with Crippen LogP contribution in [-0.4, -0.2) is 26.3 Å². The molecule has 3 heteroatoms. The highest BCUT2D eigenvalue weighted by atomic mass is 16.5. The lowest BCUT2D eigenvalue weighted by Crippen LogP contribution is -2.44. The molecule has 1 aromatic rings. The number of ether oxygens (including phenoxy) is 2. The lowest BCUT2D eigenvalue weighted by Gasteiger charge is -2.35. The van der Waals surface area contributed by atoms with Gasteiger partial charge in [0.15, 0.2) is 0 Å². The minimum absolute atomic E-state index is 0.0872. The van der Waals surface area contributed by atoms with Crippen molar-refractivity contribution in [3.05, 3.63) is 29.3 Å². The monoisotopic (exact) mass is 277 g/mol. The van der Waals surface area contributed by atoms with Gasteiger partial charge in [0.2, 0.25) is 0 Å². The van der Waals surface area contributed by atoms with Crippen molar-refractivity contribution in [3.8, 4) is 5.75 Å². The average molecular weight is 277 g/mol. The van der Waals surface area contributed by atoms with Crippen LogP contribution in [-0.2, 0) is 4.74 Å². The van der Waals surface area contributed by atoms with E-state index in [1.54, 1.807) is 7.11 Å². The van der Waals surface area contributed by atoms with Crippen molar-refractivity contribution in [1.82, 2.24) is 5.32 Å². The highest BCUT2D eigenvalue weighted by Gasteiger charge is 2.29. The quantitative estimate of drug-likeness (QED) is 0.894. The van der Waals surface area contributed by atoms with Gasteiger partial charge in [0, 0.05) is 18.7 Å². The van der Waals surface area contributed by atoms with Gasteiger partial charge in [0.25, 0.3) is 0 Å². The number of hydrogen-bond acceptors (Lipinski definition) is 3. The summed E-state index contributed by atoms with van der Waals surface area (Å²) >= 11 is 0. The maximum Gasteiger partial charge on any atom is 0.124 e. The Hall–Kier alpha value is -1.06. The molecule has 3 nitrogen and oxygen atoms in total. The number of nitrogens with one attached hydrogen (secondary N) is 1. The van der Waals surface area contributed by atoms with E-state index in [0.29, 0.717) is 12.0 Å². The highest BCUT2D eigenvalue weighted by molar-refractivity contribution is 5.39. The van der Waals surface area contributed by atoms with Crippen LogP contribution in [0.25, 0.3) is 0 Å². The van der Waals surface area contributed by atoms with Gasteiger partial charge in [-0.15, -0.1) is 0 Å². The van der Waals surface area contributed by atoms with Crippen molar-refractivity contribution >= 4 is 0 Å². The third-order valence-electron chi connectivity index (χ3n) is 4.32. The van der Waals surface area contributed by atoms with E-state index in [1.165, 1.54) is 18.4 Å². The van der Waals surface area contributed by atoms with Crippen LogP contribution in [0.3, 0.4) is 0 Å². The Balaban J connectivity index is 2.18. The van der Waals surface area contributed by atoms with Gasteiger partial charge >= 0.3 is 0 Å². The van der Waals surface area contributed by atoms with Crippen LogP contribution in [0.1, 0.15) is 43.9 Å². The summed E-state index contributed by atoms with van der Waals surface area (Å²) in [6.07, 6.45) is 2.72. The van der Waals surface area contributed by atoms with E-state index in [4.69, 9.17) is 9.47 Å². The topological polar surface area (TPSA) is 30.5 Å². The SMILES string of the molecule is CCC(CC)C1CNCC(c2cc(C)ccc2OC)O1. The Kier molecular flexibility index (Phi) is 5.44. The van der Waals surface area contributed by atoms with E-state index in [0.717, 1.165) is 24.4 Å². The summed E-state index contributed by atoms with van der Waals surface area (Å²) in [7, 11) is 1.72. The fourth-order valence-corrected chi connectivity index (χ4v) is 3.04. The summed E-state index contributed by atoms with van der Waals surface area (Å²) in [5, 5.41) is 3.52. The van der Waals surface area contributed by atoms with Crippen LogP contribution in [0, 0.1) is 12.8 Å². The zero-order valence-corrected chi connectivity index (χ0v) is 13.1. The molecule has 0 saturated carbocycles. The second kappa shape index (κ2) is 7.09. The maximum absolute atomic E-state index is 6.37. The summed E-state index contributed by atoms with van der Waals surface area (Å²) in [6, 6.07) is 6.30. The number of methoxy groups -OCH3 is 1. The van der Waals surface area contributed by atoms with Crippen molar-refractivity contribution in [2.75, 3.05) is 20.2 Å². The number of morpholine rings is 1. The van der Waals surface area contributed by atoms with Crippen molar-refractivity contribution in [3.63, 3.8) is 0 Å². The molecule has 2 unspecified atom stereocenters. The van der Waals surface area contributed by atoms with Gasteiger partial charge in [-0.1, -0.05) is 38.3 Å². The molecule has 0 spiro atoms. The van der Waals surface area contributed by atoms with E-state index >= 15 is 0 Å². The third kappa shape index (κ3) is 3.33. The first-order chi connectivity index (χ1) is 9.69. The molecule has 20 heavy (non-hydrogen) atoms. The normalized spacial score (nSPS) is 23.1. The fourth-order valence-electron chi connectivity index (χ4n) is 3.04. The van der Waals surface area contributed by atoms with Gasteiger partial charge in [-0.05, 0) is 25.0 Å². The summed E-state index contributed by atoms with van der Waals surface area (Å²) in [5.74, 6) is 1.55. The summed E-state index contributed by atoms with van der Waals surface area (Å²) in [6.45, 7) is 8.41. The third-order valence-corrected chi connectivity index (χ3v) is 4.32. The van der Waals surface area contributed by atoms with Crippen molar-refractivity contribution in [2.24, 2.45) is 5.92 Å². The Labute approximate surface area is 122 Å². The van der Waals surface area contributed by atoms with E-state index in [9.17, 15) is 0 Å². The molecule has 0 amide bonds. The number of aryl methyl sites for hydroxylation is 1. The van der Waals surface area contributed by atoms with Gasteiger partial charge < -0.3 is 14.8 Å². The Morgan fingerprint density at radius 3 is 2.70 bits per heavy atom. The van der Waals surface area contributed by atoms with E-state index < -0.39 is 0 Å². The summed E-state index contributed by atoms with van der Waals surface area (Å²) in [5.41, 5.74) is 2.41. The highest BCUT2D eigenvalue weighted by Crippen LogP contribution is 2.33. The van der Waals surface area contributed by atoms with E-state index in [2.05, 4.69) is 38.2 Å². The molecular weight excluding hydrogens is 250 g/mol. The Bertz CT molecular complexity index is 429. The summed E-state index contributed by atoms with van der Waals surface area (Å²) in [4.78, 5) is 0. The summed E-state index contributed by atoms with van der Waals surface area (Å²) < 4.78 is 11.9. The molecule has 1 aliphatic heterocycles. The molecule has 0 aromatic heterocycles. The molecule has 2 atom stereocenters. The molecule has 0 bridgehead atoms. The molecule has 1 aromatic carbocycles. The average Bonchev–Trinajstić information content (AvgIpc) is 2.49. The predicted octanol–water partition coefficient (Wildman–Crippen LogP) is 3.47. The van der Waals surface area contributed by atoms with Crippen molar-refractivity contribution in [1.29, 1.82) is 0 Å². The lowest BCUT2D eigenvalue weighted by molar-refractivity contribution is -0.0695. The van der Waals surface area contributed by atoms with Gasteiger partial charge in [-0.25, -0.2) is 0 Å². The molecular formula is C17H27NO2. The first-order valence-electron chi connectivity index (χ1n) is 7.70. The first kappa shape index (κ1) is 15.3. The van der Waals surface area contributed by atoms with Crippen molar-refractivity contribution < 1.29 is 9.47 Å². The van der Waals surface area contributed by atoms with Crippen LogP contribution < -0.4 is 10.1 Å². The lowest BCUT2D eigenvalue weighted by atomic mass is 9.94. The second-order valence-electron chi connectivity index (χ2n) is 5.64. The van der Waals surface area contributed by atoms with Crippen LogP contribution in [0.5, 0.6) is 5.75 Å². The minimum atomic E-state index is 0.0872. The van der Waals surface area contributed by atoms with Crippen LogP contribution in [0.4, 0.5) is 0 Å². The largest absolute Gasteiger partial charge is 0.496 e. The minimum Gasteiger partial charge on any atom is -0.496 e. The van der Waals surface area contributed by atoms with Gasteiger partial charge in [0.05, 0.1) is 19.3 Å². The van der Waals surface area contributed by atoms with Crippen molar-refractivity contribution in [2.45, 2.75) is 45.8 Å². The molecule has 0 aliphatic carbocycles. The van der Waals surface area contributed by atoms with Crippen LogP contribution >= 0.6 is 0 Å². The molecule has 2 rings (SSSR count). The Morgan fingerprint density at radius 2 is 2.05 bits per heavy atom. The fraction of sp³-hybridized carbons (Fsp3) is 0.647. The predicted molar refractivity (Wildman–Crippen MR) is 82.3 cm³/mol. The maximum atomic E-state index is 6.37. The number of rotatable bonds is 5. The molecule has 112 valence electrons. The molecule has 0 radical (unpaired) electrons. The van der Waals surface area contributed by atoms with Gasteiger partial charge in [0.1, 0.15) is 5.75 Å². The number of hydrogen-bond donors (Lipinski definition) is 1. The van der Waals surface area contributed by atoms with Gasteiger partial charge in [-0.3, -0.25) is 0 Å². The van der Waals surface area contributed by atoms with E-state index in [-0.39, 0.29) is 6.10 Å². The van der Waals surface area contributed by atoms with Crippen LogP contribution in [0.15, 0.2) is 18.2 Å². The Morgan fingerprint density at radius 1 is 1.30 bits per heavy atom. The number of benzene rings is 1. The van der Waals surface area contributed by atoms with Crippen LogP contribution in [0.2, 0.25) is 0 Å². The second-order valence-corrected chi connectivity index (χ2v) is 5.64. The molecule has 1 saturated heterocycles. The van der Waals surface area contributed by atoms with E-state index in [1.807, 2.05) is 6.07 Å². The molecule has 1 heterocycles. The molecule has 1 aliphatic rings. The zero-order valence-electron chi connectivity index (χ0n) is 13.1.